The summed E-state index contributed by atoms with van der Waals surface area (Å²) < 4.78 is 32.1. The third kappa shape index (κ3) is 4.59. The molecule has 2 aromatic rings. The van der Waals surface area contributed by atoms with Crippen LogP contribution >= 0.6 is 0 Å². The van der Waals surface area contributed by atoms with Gasteiger partial charge >= 0.3 is 0 Å². The van der Waals surface area contributed by atoms with E-state index in [2.05, 4.69) is 4.72 Å². The van der Waals surface area contributed by atoms with Gasteiger partial charge in [0.25, 0.3) is 10.0 Å². The van der Waals surface area contributed by atoms with Crippen LogP contribution in [-0.4, -0.2) is 37.9 Å². The minimum Gasteiger partial charge on any atom is -0.506 e. The van der Waals surface area contributed by atoms with E-state index in [9.17, 15) is 18.6 Å². The van der Waals surface area contributed by atoms with Gasteiger partial charge in [0.2, 0.25) is 0 Å². The number of hydrogen-bond acceptors (Lipinski definition) is 6. The van der Waals surface area contributed by atoms with Gasteiger partial charge in [-0.2, -0.15) is 0 Å². The first-order valence-electron chi connectivity index (χ1n) is 6.84. The first-order valence-corrected chi connectivity index (χ1v) is 8.32. The van der Waals surface area contributed by atoms with Crippen LogP contribution < -0.4 is 15.2 Å². The molecule has 0 heterocycles. The number of anilines is 1. The Hall–Kier alpha value is -2.29. The number of sulfonamides is 1. The number of aliphatic hydroxyl groups excluding tert-OH is 1. The van der Waals surface area contributed by atoms with Crippen molar-refractivity contribution in [2.45, 2.75) is 11.0 Å². The van der Waals surface area contributed by atoms with Crippen LogP contribution in [-0.2, 0) is 10.0 Å². The van der Waals surface area contributed by atoms with E-state index in [4.69, 9.17) is 10.5 Å². The molecule has 0 saturated carbocycles. The fourth-order valence-corrected chi connectivity index (χ4v) is 2.84. The lowest BCUT2D eigenvalue weighted by atomic mass is 10.3. The summed E-state index contributed by atoms with van der Waals surface area (Å²) in [4.78, 5) is 0.0734. The van der Waals surface area contributed by atoms with Crippen molar-refractivity contribution in [3.05, 3.63) is 48.5 Å². The predicted molar refractivity (Wildman–Crippen MR) is 85.9 cm³/mol. The monoisotopic (exact) mass is 338 g/mol. The average molecular weight is 338 g/mol. The molecular formula is C15H18N2O5S. The Morgan fingerprint density at radius 3 is 2.52 bits per heavy atom. The zero-order chi connectivity index (χ0) is 16.9. The average Bonchev–Trinajstić information content (AvgIpc) is 2.55. The van der Waals surface area contributed by atoms with Crippen LogP contribution in [0.3, 0.4) is 0 Å². The van der Waals surface area contributed by atoms with Crippen LogP contribution in [0.4, 0.5) is 5.69 Å². The van der Waals surface area contributed by atoms with Gasteiger partial charge < -0.3 is 20.7 Å². The molecule has 0 aromatic heterocycles. The second-order valence-electron chi connectivity index (χ2n) is 4.80. The largest absolute Gasteiger partial charge is 0.506 e. The second kappa shape index (κ2) is 7.32. The van der Waals surface area contributed by atoms with Crippen LogP contribution in [0.25, 0.3) is 0 Å². The SMILES string of the molecule is NC[C@@H](O)COc1ccc(O)c(NS(=O)(=O)c2ccccc2)c1. The number of rotatable bonds is 7. The Balaban J connectivity index is 2.19. The number of benzene rings is 2. The molecule has 7 nitrogen and oxygen atoms in total. The van der Waals surface area contributed by atoms with Gasteiger partial charge in [-0.05, 0) is 24.3 Å². The number of phenols is 1. The van der Waals surface area contributed by atoms with Crippen molar-refractivity contribution in [2.24, 2.45) is 5.73 Å². The van der Waals surface area contributed by atoms with E-state index in [1.54, 1.807) is 18.2 Å². The van der Waals surface area contributed by atoms with Gasteiger partial charge in [-0.25, -0.2) is 8.42 Å². The Labute approximate surface area is 134 Å². The van der Waals surface area contributed by atoms with Crippen molar-refractivity contribution in [1.29, 1.82) is 0 Å². The highest BCUT2D eigenvalue weighted by Gasteiger charge is 2.16. The van der Waals surface area contributed by atoms with Crippen LogP contribution in [0, 0.1) is 0 Å². The van der Waals surface area contributed by atoms with E-state index >= 15 is 0 Å². The lowest BCUT2D eigenvalue weighted by Crippen LogP contribution is -2.26. The number of hydrogen-bond donors (Lipinski definition) is 4. The summed E-state index contributed by atoms with van der Waals surface area (Å²) in [6.45, 7) is 0.0116. The van der Waals surface area contributed by atoms with Gasteiger partial charge in [0.15, 0.2) is 0 Å². The third-order valence-corrected chi connectivity index (χ3v) is 4.36. The number of aromatic hydroxyl groups is 1. The minimum atomic E-state index is -3.82. The number of aliphatic hydroxyl groups is 1. The summed E-state index contributed by atoms with van der Waals surface area (Å²) in [7, 11) is -3.82. The number of nitrogens with two attached hydrogens (primary N) is 1. The Bertz CT molecular complexity index is 750. The molecule has 0 saturated heterocycles. The topological polar surface area (TPSA) is 122 Å². The summed E-state index contributed by atoms with van der Waals surface area (Å²) >= 11 is 0. The van der Waals surface area contributed by atoms with Gasteiger partial charge in [0.05, 0.1) is 10.6 Å². The smallest absolute Gasteiger partial charge is 0.262 e. The molecule has 124 valence electrons. The molecule has 0 spiro atoms. The standard InChI is InChI=1S/C15H18N2O5S/c16-9-11(18)10-22-12-6-7-15(19)14(8-12)17-23(20,21)13-4-2-1-3-5-13/h1-8,11,17-19H,9-10,16H2/t11-/m1/s1. The van der Waals surface area contributed by atoms with E-state index in [0.717, 1.165) is 0 Å². The van der Waals surface area contributed by atoms with Crippen LogP contribution in [0.1, 0.15) is 0 Å². The molecule has 1 atom stereocenters. The lowest BCUT2D eigenvalue weighted by Gasteiger charge is -2.13. The summed E-state index contributed by atoms with van der Waals surface area (Å²) in [5.74, 6) is 0.0530. The highest BCUT2D eigenvalue weighted by Crippen LogP contribution is 2.30. The molecule has 0 aliphatic rings. The van der Waals surface area contributed by atoms with Crippen molar-refractivity contribution < 1.29 is 23.4 Å². The van der Waals surface area contributed by atoms with Gasteiger partial charge in [0.1, 0.15) is 24.2 Å². The Kier molecular flexibility index (Phi) is 5.43. The Morgan fingerprint density at radius 1 is 1.17 bits per heavy atom. The normalized spacial score (nSPS) is 12.6. The maximum absolute atomic E-state index is 12.3. The van der Waals surface area contributed by atoms with Crippen LogP contribution in [0.2, 0.25) is 0 Å². The van der Waals surface area contributed by atoms with E-state index in [1.807, 2.05) is 0 Å². The van der Waals surface area contributed by atoms with Crippen LogP contribution in [0.15, 0.2) is 53.4 Å². The molecule has 0 aliphatic heterocycles. The van der Waals surface area contributed by atoms with Crippen molar-refractivity contribution in [3.63, 3.8) is 0 Å². The van der Waals surface area contributed by atoms with E-state index in [0.29, 0.717) is 5.75 Å². The second-order valence-corrected chi connectivity index (χ2v) is 6.48. The van der Waals surface area contributed by atoms with Crippen LogP contribution in [0.5, 0.6) is 11.5 Å². The van der Waals surface area contributed by atoms with Crippen molar-refractivity contribution in [3.8, 4) is 11.5 Å². The molecule has 0 amide bonds. The van der Waals surface area contributed by atoms with Crippen molar-refractivity contribution in [2.75, 3.05) is 17.9 Å². The number of ether oxygens (including phenoxy) is 1. The highest BCUT2D eigenvalue weighted by atomic mass is 32.2. The van der Waals surface area contributed by atoms with E-state index < -0.39 is 16.1 Å². The molecule has 8 heteroatoms. The summed E-state index contributed by atoms with van der Waals surface area (Å²) in [6.07, 6.45) is -0.826. The zero-order valence-electron chi connectivity index (χ0n) is 12.2. The number of nitrogens with one attached hydrogen (secondary N) is 1. The molecule has 0 unspecified atom stereocenters. The third-order valence-electron chi connectivity index (χ3n) is 2.98. The highest BCUT2D eigenvalue weighted by molar-refractivity contribution is 7.92. The molecule has 0 aliphatic carbocycles. The molecule has 5 N–H and O–H groups in total. The van der Waals surface area contributed by atoms with Gasteiger partial charge in [-0.1, -0.05) is 18.2 Å². The molecule has 0 fully saturated rings. The first-order chi connectivity index (χ1) is 10.9. The molecule has 2 aromatic carbocycles. The minimum absolute atomic E-state index is 0.0198. The quantitative estimate of drug-likeness (QED) is 0.556. The van der Waals surface area contributed by atoms with Crippen molar-refractivity contribution >= 4 is 15.7 Å². The summed E-state index contributed by atoms with van der Waals surface area (Å²) in [5.41, 5.74) is 5.26. The van der Waals surface area contributed by atoms with E-state index in [-0.39, 0.29) is 29.5 Å². The van der Waals surface area contributed by atoms with Crippen molar-refractivity contribution in [1.82, 2.24) is 0 Å². The maximum atomic E-state index is 12.3. The maximum Gasteiger partial charge on any atom is 0.262 e. The predicted octanol–water partition coefficient (Wildman–Crippen LogP) is 0.891. The Morgan fingerprint density at radius 2 is 1.87 bits per heavy atom. The van der Waals surface area contributed by atoms with Gasteiger partial charge in [-0.3, -0.25) is 4.72 Å². The fourth-order valence-electron chi connectivity index (χ4n) is 1.75. The summed E-state index contributed by atoms with van der Waals surface area (Å²) in [5, 5.41) is 19.2. The lowest BCUT2D eigenvalue weighted by molar-refractivity contribution is 0.114. The zero-order valence-corrected chi connectivity index (χ0v) is 13.0. The van der Waals surface area contributed by atoms with E-state index in [1.165, 1.54) is 30.3 Å². The molecule has 23 heavy (non-hydrogen) atoms. The molecule has 0 bridgehead atoms. The molecule has 0 radical (unpaired) electrons. The fraction of sp³-hybridized carbons (Fsp3) is 0.200. The first kappa shape index (κ1) is 17.1. The van der Waals surface area contributed by atoms with Gasteiger partial charge in [-0.15, -0.1) is 0 Å². The summed E-state index contributed by atoms with van der Waals surface area (Å²) in [6, 6.07) is 11.9. The number of phenolic OH excluding ortho intramolecular Hbond substituents is 1. The van der Waals surface area contributed by atoms with Gasteiger partial charge in [0, 0.05) is 12.6 Å². The molecule has 2 rings (SSSR count). The molecular weight excluding hydrogens is 320 g/mol.